The van der Waals surface area contributed by atoms with E-state index in [4.69, 9.17) is 14.6 Å². The number of hydrogen-bond acceptors (Lipinski definition) is 7. The Labute approximate surface area is 190 Å². The molecule has 0 unspecified atom stereocenters. The molecule has 5 aromatic rings. The van der Waals surface area contributed by atoms with Crippen LogP contribution in [0.1, 0.15) is 28.2 Å². The molecule has 0 saturated carbocycles. The van der Waals surface area contributed by atoms with E-state index < -0.39 is 0 Å². The van der Waals surface area contributed by atoms with Gasteiger partial charge >= 0.3 is 0 Å². The summed E-state index contributed by atoms with van der Waals surface area (Å²) >= 11 is 0. The molecule has 166 valence electrons. The lowest BCUT2D eigenvalue weighted by Crippen LogP contribution is -2.03. The van der Waals surface area contributed by atoms with Gasteiger partial charge in [-0.05, 0) is 60.9 Å². The Morgan fingerprint density at radius 2 is 1.94 bits per heavy atom. The van der Waals surface area contributed by atoms with Crippen molar-refractivity contribution in [3.8, 4) is 5.75 Å². The highest BCUT2D eigenvalue weighted by atomic mass is 16.6. The number of oxime groups is 1. The summed E-state index contributed by atoms with van der Waals surface area (Å²) in [7, 11) is 1.63. The van der Waals surface area contributed by atoms with Gasteiger partial charge in [-0.25, -0.2) is 14.5 Å². The lowest BCUT2D eigenvalue weighted by molar-refractivity contribution is 0.126. The molecule has 0 atom stereocenters. The molecular formula is C24H23N7O2. The number of nitrogens with zero attached hydrogens (tertiary/aromatic N) is 7. The van der Waals surface area contributed by atoms with E-state index in [1.165, 1.54) is 0 Å². The molecule has 0 aliphatic heterocycles. The third kappa shape index (κ3) is 4.00. The molecule has 0 radical (unpaired) electrons. The highest BCUT2D eigenvalue weighted by molar-refractivity contribution is 5.93. The number of aryl methyl sites for hydroxylation is 1. The van der Waals surface area contributed by atoms with Crippen LogP contribution in [0.25, 0.3) is 16.7 Å². The van der Waals surface area contributed by atoms with Crippen molar-refractivity contribution in [2.75, 3.05) is 7.11 Å². The van der Waals surface area contributed by atoms with Crippen molar-refractivity contribution in [3.05, 3.63) is 83.3 Å². The molecule has 4 heterocycles. The van der Waals surface area contributed by atoms with E-state index in [1.807, 2.05) is 36.5 Å². The lowest BCUT2D eigenvalue weighted by Gasteiger charge is -2.07. The molecule has 0 aliphatic carbocycles. The van der Waals surface area contributed by atoms with Crippen LogP contribution >= 0.6 is 0 Å². The standard InChI is InChI=1S/C24H23N7O2/c1-16-17(2)30(13-19-5-4-10-25-11-19)23-22(16)24-28-21(29-31(24)15-26-23)14-33-27-12-18-6-8-20(32-3)9-7-18/h4-12,15H,13-14H2,1-3H3/b27-12+. The van der Waals surface area contributed by atoms with Gasteiger partial charge in [-0.3, -0.25) is 4.98 Å². The molecule has 9 nitrogen and oxygen atoms in total. The fourth-order valence-corrected chi connectivity index (χ4v) is 3.79. The summed E-state index contributed by atoms with van der Waals surface area (Å²) in [6.07, 6.45) is 6.98. The third-order valence-corrected chi connectivity index (χ3v) is 5.64. The summed E-state index contributed by atoms with van der Waals surface area (Å²) in [4.78, 5) is 19.0. The van der Waals surface area contributed by atoms with Crippen LogP contribution in [0.4, 0.5) is 0 Å². The van der Waals surface area contributed by atoms with Crippen molar-refractivity contribution in [2.24, 2.45) is 5.16 Å². The molecular weight excluding hydrogens is 418 g/mol. The number of benzene rings is 1. The molecule has 0 N–H and O–H groups in total. The minimum atomic E-state index is 0.157. The summed E-state index contributed by atoms with van der Waals surface area (Å²) in [6, 6.07) is 11.5. The summed E-state index contributed by atoms with van der Waals surface area (Å²) in [6.45, 7) is 5.03. The second-order valence-electron chi connectivity index (χ2n) is 7.68. The first-order valence-electron chi connectivity index (χ1n) is 10.5. The van der Waals surface area contributed by atoms with Gasteiger partial charge in [0.15, 0.2) is 18.1 Å². The lowest BCUT2D eigenvalue weighted by atomic mass is 10.2. The number of fused-ring (bicyclic) bond motifs is 3. The number of hydrogen-bond donors (Lipinski definition) is 0. The van der Waals surface area contributed by atoms with Crippen molar-refractivity contribution in [1.82, 2.24) is 29.1 Å². The van der Waals surface area contributed by atoms with Crippen LogP contribution in [0.3, 0.4) is 0 Å². The molecule has 0 fully saturated rings. The van der Waals surface area contributed by atoms with Crippen LogP contribution in [0.2, 0.25) is 0 Å². The summed E-state index contributed by atoms with van der Waals surface area (Å²) in [5.41, 5.74) is 5.92. The van der Waals surface area contributed by atoms with E-state index in [-0.39, 0.29) is 6.61 Å². The molecule has 9 heteroatoms. The van der Waals surface area contributed by atoms with Gasteiger partial charge in [0, 0.05) is 18.1 Å². The highest BCUT2D eigenvalue weighted by Crippen LogP contribution is 2.27. The highest BCUT2D eigenvalue weighted by Gasteiger charge is 2.18. The van der Waals surface area contributed by atoms with Crippen molar-refractivity contribution in [3.63, 3.8) is 0 Å². The van der Waals surface area contributed by atoms with E-state index in [0.717, 1.165) is 44.8 Å². The summed E-state index contributed by atoms with van der Waals surface area (Å²) < 4.78 is 9.03. The minimum Gasteiger partial charge on any atom is -0.497 e. The van der Waals surface area contributed by atoms with Gasteiger partial charge in [0.2, 0.25) is 0 Å². The van der Waals surface area contributed by atoms with Crippen LogP contribution < -0.4 is 4.74 Å². The van der Waals surface area contributed by atoms with Gasteiger partial charge in [-0.2, -0.15) is 0 Å². The van der Waals surface area contributed by atoms with Gasteiger partial charge in [0.25, 0.3) is 0 Å². The molecule has 1 aromatic carbocycles. The van der Waals surface area contributed by atoms with E-state index in [0.29, 0.717) is 12.4 Å². The molecule has 4 aromatic heterocycles. The number of methoxy groups -OCH3 is 1. The first-order chi connectivity index (χ1) is 16.1. The number of aromatic nitrogens is 6. The fraction of sp³-hybridized carbons (Fsp3) is 0.208. The number of rotatable bonds is 7. The minimum absolute atomic E-state index is 0.157. The summed E-state index contributed by atoms with van der Waals surface area (Å²) in [5.74, 6) is 1.33. The van der Waals surface area contributed by atoms with Gasteiger partial charge in [0.1, 0.15) is 17.7 Å². The number of ether oxygens (including phenoxy) is 1. The van der Waals surface area contributed by atoms with Crippen LogP contribution in [-0.4, -0.2) is 42.5 Å². The second kappa shape index (κ2) is 8.70. The Balaban J connectivity index is 1.39. The Kier molecular flexibility index (Phi) is 5.43. The Morgan fingerprint density at radius 1 is 1.09 bits per heavy atom. The van der Waals surface area contributed by atoms with Gasteiger partial charge in [-0.1, -0.05) is 11.2 Å². The maximum Gasteiger partial charge on any atom is 0.192 e. The molecule has 5 rings (SSSR count). The second-order valence-corrected chi connectivity index (χ2v) is 7.68. The number of pyridine rings is 1. The van der Waals surface area contributed by atoms with Gasteiger partial charge in [0.05, 0.1) is 25.3 Å². The maximum absolute atomic E-state index is 5.43. The van der Waals surface area contributed by atoms with Crippen molar-refractivity contribution in [1.29, 1.82) is 0 Å². The zero-order valence-corrected chi connectivity index (χ0v) is 18.6. The molecule has 33 heavy (non-hydrogen) atoms. The zero-order valence-electron chi connectivity index (χ0n) is 18.6. The quantitative estimate of drug-likeness (QED) is 0.283. The first-order valence-corrected chi connectivity index (χ1v) is 10.5. The SMILES string of the molecule is COc1ccc(/C=N/OCc2nc3c4c(C)c(C)n(Cc5cccnc5)c4ncn3n2)cc1. The van der Waals surface area contributed by atoms with Crippen LogP contribution in [0, 0.1) is 13.8 Å². The van der Waals surface area contributed by atoms with E-state index in [2.05, 4.69) is 44.7 Å². The van der Waals surface area contributed by atoms with Crippen molar-refractivity contribution in [2.45, 2.75) is 27.0 Å². The van der Waals surface area contributed by atoms with Crippen LogP contribution in [0.5, 0.6) is 5.75 Å². The largest absolute Gasteiger partial charge is 0.497 e. The zero-order chi connectivity index (χ0) is 22.8. The summed E-state index contributed by atoms with van der Waals surface area (Å²) in [5, 5.41) is 9.51. The fourth-order valence-electron chi connectivity index (χ4n) is 3.79. The van der Waals surface area contributed by atoms with Crippen molar-refractivity contribution < 1.29 is 9.57 Å². The molecule has 0 bridgehead atoms. The van der Waals surface area contributed by atoms with Crippen LogP contribution in [-0.2, 0) is 18.0 Å². The van der Waals surface area contributed by atoms with E-state index >= 15 is 0 Å². The molecule has 0 aliphatic rings. The maximum atomic E-state index is 5.43. The predicted molar refractivity (Wildman–Crippen MR) is 124 cm³/mol. The Hall–Kier alpha value is -4.27. The first kappa shape index (κ1) is 20.6. The Bertz CT molecular complexity index is 1440. The Morgan fingerprint density at radius 3 is 2.70 bits per heavy atom. The monoisotopic (exact) mass is 441 g/mol. The normalized spacial score (nSPS) is 11.6. The van der Waals surface area contributed by atoms with E-state index in [9.17, 15) is 0 Å². The molecule has 0 amide bonds. The van der Waals surface area contributed by atoms with Gasteiger partial charge in [-0.15, -0.1) is 5.10 Å². The van der Waals surface area contributed by atoms with Gasteiger partial charge < -0.3 is 14.1 Å². The smallest absolute Gasteiger partial charge is 0.192 e. The van der Waals surface area contributed by atoms with Crippen molar-refractivity contribution >= 4 is 22.9 Å². The predicted octanol–water partition coefficient (Wildman–Crippen LogP) is 3.70. The molecule has 0 spiro atoms. The molecule has 0 saturated heterocycles. The third-order valence-electron chi connectivity index (χ3n) is 5.64. The van der Waals surface area contributed by atoms with E-state index in [1.54, 1.807) is 30.4 Å². The van der Waals surface area contributed by atoms with Crippen LogP contribution in [0.15, 0.2) is 60.3 Å². The topological polar surface area (TPSA) is 91.7 Å². The average molecular weight is 441 g/mol. The average Bonchev–Trinajstić information content (AvgIpc) is 3.37.